The number of rotatable bonds is 4. The van der Waals surface area contributed by atoms with Crippen LogP contribution in [-0.2, 0) is 0 Å². The van der Waals surface area contributed by atoms with Crippen molar-refractivity contribution in [2.75, 3.05) is 11.5 Å². The molecular formula is C46H30N2O4. The Labute approximate surface area is 301 Å². The molecule has 6 N–H and O–H groups in total. The van der Waals surface area contributed by atoms with Crippen molar-refractivity contribution in [3.63, 3.8) is 0 Å². The number of aromatic hydroxyl groups is 2. The minimum Gasteiger partial charge on any atom is -0.506 e. The quantitative estimate of drug-likeness (QED) is 0.0842. The molecule has 0 saturated heterocycles. The maximum Gasteiger partial charge on any atom is 0.152 e. The molecule has 0 unspecified atom stereocenters. The summed E-state index contributed by atoms with van der Waals surface area (Å²) in [5.41, 5.74) is 16.7. The fraction of sp³-hybridized carbons (Fsp3) is 0. The van der Waals surface area contributed by atoms with Gasteiger partial charge in [-0.3, -0.25) is 0 Å². The predicted molar refractivity (Wildman–Crippen MR) is 206 cm³/mol. The van der Waals surface area contributed by atoms with Gasteiger partial charge in [-0.25, -0.2) is 0 Å². The summed E-state index contributed by atoms with van der Waals surface area (Å²) in [5.74, 6) is 21.4. The number of benzene rings is 7. The number of hydrogen-bond donors (Lipinski definition) is 4. The second-order valence-corrected chi connectivity index (χ2v) is 11.7. The summed E-state index contributed by atoms with van der Waals surface area (Å²) in [6.07, 6.45) is 0. The number of fused-ring (bicyclic) bond motifs is 1. The Bertz CT molecular complexity index is 2620. The fourth-order valence-electron chi connectivity index (χ4n) is 5.41. The Morgan fingerprint density at radius 3 is 1.37 bits per heavy atom. The molecule has 52 heavy (non-hydrogen) atoms. The molecule has 0 heterocycles. The van der Waals surface area contributed by atoms with Crippen LogP contribution in [-0.4, -0.2) is 10.2 Å². The number of ether oxygens (including phenoxy) is 2. The van der Waals surface area contributed by atoms with Gasteiger partial charge in [0.25, 0.3) is 0 Å². The molecule has 7 aromatic rings. The molecule has 6 heteroatoms. The first-order chi connectivity index (χ1) is 25.4. The van der Waals surface area contributed by atoms with Gasteiger partial charge in [0.2, 0.25) is 0 Å². The summed E-state index contributed by atoms with van der Waals surface area (Å²) in [4.78, 5) is 0. The highest BCUT2D eigenvalue weighted by Gasteiger charge is 2.21. The lowest BCUT2D eigenvalue weighted by Gasteiger charge is -2.18. The van der Waals surface area contributed by atoms with Crippen LogP contribution in [0.4, 0.5) is 11.4 Å². The van der Waals surface area contributed by atoms with E-state index in [1.165, 1.54) is 12.1 Å². The molecule has 248 valence electrons. The van der Waals surface area contributed by atoms with Crippen molar-refractivity contribution in [3.8, 4) is 70.0 Å². The van der Waals surface area contributed by atoms with Crippen molar-refractivity contribution >= 4 is 22.1 Å². The van der Waals surface area contributed by atoms with Crippen molar-refractivity contribution in [2.45, 2.75) is 0 Å². The lowest BCUT2D eigenvalue weighted by Crippen LogP contribution is -1.99. The van der Waals surface area contributed by atoms with Crippen LogP contribution in [0.1, 0.15) is 33.4 Å². The highest BCUT2D eigenvalue weighted by Crippen LogP contribution is 2.44. The Morgan fingerprint density at radius 1 is 0.404 bits per heavy atom. The number of phenols is 2. The third-order valence-electron chi connectivity index (χ3n) is 7.99. The largest absolute Gasteiger partial charge is 0.506 e. The van der Waals surface area contributed by atoms with E-state index in [0.717, 1.165) is 16.7 Å². The van der Waals surface area contributed by atoms with E-state index in [9.17, 15) is 10.2 Å². The summed E-state index contributed by atoms with van der Waals surface area (Å²) in [6.45, 7) is 0. The zero-order valence-electron chi connectivity index (χ0n) is 27.7. The third kappa shape index (κ3) is 7.46. The van der Waals surface area contributed by atoms with Crippen molar-refractivity contribution < 1.29 is 19.7 Å². The van der Waals surface area contributed by atoms with E-state index in [2.05, 4.69) is 35.5 Å². The first-order valence-electron chi connectivity index (χ1n) is 16.3. The molecule has 0 aromatic heterocycles. The van der Waals surface area contributed by atoms with E-state index in [-0.39, 0.29) is 22.9 Å². The average Bonchev–Trinajstić information content (AvgIpc) is 3.17. The molecule has 0 aliphatic heterocycles. The highest BCUT2D eigenvalue weighted by molar-refractivity contribution is 6.03. The zero-order valence-corrected chi connectivity index (χ0v) is 27.7. The minimum absolute atomic E-state index is 0.0522. The molecule has 0 atom stereocenters. The van der Waals surface area contributed by atoms with E-state index < -0.39 is 0 Å². The molecule has 7 aromatic carbocycles. The van der Waals surface area contributed by atoms with Crippen LogP contribution in [0.3, 0.4) is 0 Å². The topological polar surface area (TPSA) is 111 Å². The molecule has 0 fully saturated rings. The van der Waals surface area contributed by atoms with Crippen LogP contribution in [0, 0.1) is 35.5 Å². The molecule has 0 bridgehead atoms. The SMILES string of the molecule is Nc1cc(Oc2ccc(C#Cc3ccccc3)c3c(Oc4ccc(O)c(N)c4)c(C#Cc4ccccc4)cc(C#Cc4ccccc4)c23)ccc1O. The third-order valence-corrected chi connectivity index (χ3v) is 7.99. The second-order valence-electron chi connectivity index (χ2n) is 11.7. The van der Waals surface area contributed by atoms with Crippen LogP contribution < -0.4 is 20.9 Å². The normalized spacial score (nSPS) is 10.2. The van der Waals surface area contributed by atoms with E-state index in [0.29, 0.717) is 50.5 Å². The van der Waals surface area contributed by atoms with Gasteiger partial charge in [-0.1, -0.05) is 90.1 Å². The number of anilines is 2. The average molecular weight is 675 g/mol. The van der Waals surface area contributed by atoms with Crippen molar-refractivity contribution in [3.05, 3.63) is 179 Å². The van der Waals surface area contributed by atoms with Gasteiger partial charge in [0.05, 0.1) is 16.9 Å². The van der Waals surface area contributed by atoms with Crippen LogP contribution in [0.25, 0.3) is 10.8 Å². The lowest BCUT2D eigenvalue weighted by atomic mass is 9.94. The van der Waals surface area contributed by atoms with Gasteiger partial charge >= 0.3 is 0 Å². The van der Waals surface area contributed by atoms with Crippen molar-refractivity contribution in [1.29, 1.82) is 0 Å². The van der Waals surface area contributed by atoms with E-state index >= 15 is 0 Å². The standard InChI is InChI=1S/C46H30N2O4/c47-39-29-37(23-25-41(39)49)51-43-27-22-34(19-16-31-10-4-1-5-11-31)45-44(43)35(20-17-32-12-6-2-7-13-32)28-36(21-18-33-14-8-3-9-15-33)46(45)52-38-24-26-42(50)40(48)30-38/h1-15,22-30,49-50H,47-48H2. The van der Waals surface area contributed by atoms with Gasteiger partial charge in [-0.15, -0.1) is 0 Å². The predicted octanol–water partition coefficient (Wildman–Crippen LogP) is 9.20. The summed E-state index contributed by atoms with van der Waals surface area (Å²) < 4.78 is 13.2. The fourth-order valence-corrected chi connectivity index (χ4v) is 5.41. The molecular weight excluding hydrogens is 645 g/mol. The van der Waals surface area contributed by atoms with Gasteiger partial charge in [-0.05, 0) is 78.9 Å². The number of hydrogen-bond acceptors (Lipinski definition) is 6. The number of nitrogens with two attached hydrogens (primary N) is 2. The smallest absolute Gasteiger partial charge is 0.152 e. The van der Waals surface area contributed by atoms with Crippen LogP contribution >= 0.6 is 0 Å². The van der Waals surface area contributed by atoms with Gasteiger partial charge in [-0.2, -0.15) is 0 Å². The highest BCUT2D eigenvalue weighted by atomic mass is 16.5. The Hall–Kier alpha value is -7.72. The molecule has 0 aliphatic rings. The molecule has 0 radical (unpaired) electrons. The van der Waals surface area contributed by atoms with Crippen LogP contribution in [0.2, 0.25) is 0 Å². The maximum absolute atomic E-state index is 10.2. The summed E-state index contributed by atoms with van der Waals surface area (Å²) >= 11 is 0. The van der Waals surface area contributed by atoms with Gasteiger partial charge < -0.3 is 31.2 Å². The first kappa shape index (κ1) is 32.8. The number of phenolic OH excluding ortho intramolecular Hbond substituents is 2. The van der Waals surface area contributed by atoms with Crippen LogP contribution in [0.15, 0.2) is 146 Å². The van der Waals surface area contributed by atoms with Gasteiger partial charge in [0, 0.05) is 50.7 Å². The molecule has 0 aliphatic carbocycles. The van der Waals surface area contributed by atoms with Gasteiger partial charge in [0.1, 0.15) is 28.7 Å². The Balaban J connectivity index is 1.57. The Morgan fingerprint density at radius 2 is 0.865 bits per heavy atom. The molecule has 0 spiro atoms. The van der Waals surface area contributed by atoms with Crippen molar-refractivity contribution in [2.24, 2.45) is 0 Å². The molecule has 6 nitrogen and oxygen atoms in total. The molecule has 0 amide bonds. The van der Waals surface area contributed by atoms with Crippen molar-refractivity contribution in [1.82, 2.24) is 0 Å². The zero-order chi connectivity index (χ0) is 35.9. The van der Waals surface area contributed by atoms with Gasteiger partial charge in [0.15, 0.2) is 5.75 Å². The summed E-state index contributed by atoms with van der Waals surface area (Å²) in [5, 5.41) is 21.5. The Kier molecular flexibility index (Phi) is 9.34. The maximum atomic E-state index is 10.2. The van der Waals surface area contributed by atoms with E-state index in [1.807, 2.05) is 109 Å². The molecule has 0 saturated carbocycles. The van der Waals surface area contributed by atoms with E-state index in [1.54, 1.807) is 24.3 Å². The molecule has 7 rings (SSSR count). The lowest BCUT2D eigenvalue weighted by molar-refractivity contribution is 0.466. The monoisotopic (exact) mass is 674 g/mol. The minimum atomic E-state index is -0.0638. The van der Waals surface area contributed by atoms with Crippen LogP contribution in [0.5, 0.6) is 34.5 Å². The number of nitrogen functional groups attached to an aromatic ring is 2. The second kappa shape index (κ2) is 14.8. The summed E-state index contributed by atoms with van der Waals surface area (Å²) in [7, 11) is 0. The summed E-state index contributed by atoms with van der Waals surface area (Å²) in [6, 6.07) is 43.9. The van der Waals surface area contributed by atoms with E-state index in [4.69, 9.17) is 20.9 Å². The first-order valence-corrected chi connectivity index (χ1v) is 16.3.